The van der Waals surface area contributed by atoms with E-state index in [1.807, 2.05) is 0 Å². The highest BCUT2D eigenvalue weighted by Gasteiger charge is 2.30. The number of hydrogen-bond donors (Lipinski definition) is 0. The fraction of sp³-hybridized carbons (Fsp3) is 0.400. The Balaban J connectivity index is 2.79. The third kappa shape index (κ3) is 3.01. The van der Waals surface area contributed by atoms with Gasteiger partial charge in [-0.2, -0.15) is 13.2 Å². The Morgan fingerprint density at radius 3 is 2.43 bits per heavy atom. The number of benzene rings is 1. The normalized spacial score (nSPS) is 11.7. The molecular weight excluding hydrogens is 196 g/mol. The van der Waals surface area contributed by atoms with Gasteiger partial charge in [-0.3, -0.25) is 4.39 Å². The first kappa shape index (κ1) is 11.0. The van der Waals surface area contributed by atoms with Crippen LogP contribution in [0.2, 0.25) is 0 Å². The lowest BCUT2D eigenvalue weighted by Gasteiger charge is -2.07. The minimum absolute atomic E-state index is 0.265. The summed E-state index contributed by atoms with van der Waals surface area (Å²) < 4.78 is 48.4. The van der Waals surface area contributed by atoms with E-state index in [4.69, 9.17) is 0 Å². The van der Waals surface area contributed by atoms with Crippen LogP contribution in [0.3, 0.4) is 0 Å². The van der Waals surface area contributed by atoms with Gasteiger partial charge < -0.3 is 0 Å². The van der Waals surface area contributed by atoms with Crippen molar-refractivity contribution >= 4 is 0 Å². The second kappa shape index (κ2) is 4.44. The molecule has 0 radical (unpaired) electrons. The number of aryl methyl sites for hydroxylation is 1. The molecule has 0 nitrogen and oxygen atoms in total. The second-order valence-corrected chi connectivity index (χ2v) is 2.99. The molecule has 0 saturated heterocycles. The fourth-order valence-corrected chi connectivity index (χ4v) is 1.17. The Labute approximate surface area is 79.6 Å². The van der Waals surface area contributed by atoms with Crippen LogP contribution in [0, 0.1) is 0 Å². The maximum absolute atomic E-state index is 12.2. The second-order valence-electron chi connectivity index (χ2n) is 2.99. The van der Waals surface area contributed by atoms with Gasteiger partial charge in [0.05, 0.1) is 12.2 Å². The first-order valence-electron chi connectivity index (χ1n) is 4.26. The lowest BCUT2D eigenvalue weighted by atomic mass is 10.1. The third-order valence-electron chi connectivity index (χ3n) is 1.85. The van der Waals surface area contributed by atoms with E-state index < -0.39 is 18.4 Å². The van der Waals surface area contributed by atoms with E-state index in [0.717, 1.165) is 12.1 Å². The van der Waals surface area contributed by atoms with Gasteiger partial charge in [-0.25, -0.2) is 0 Å². The number of alkyl halides is 4. The molecule has 14 heavy (non-hydrogen) atoms. The first-order chi connectivity index (χ1) is 6.54. The van der Waals surface area contributed by atoms with Crippen molar-refractivity contribution in [2.45, 2.75) is 19.0 Å². The zero-order valence-corrected chi connectivity index (χ0v) is 7.44. The Kier molecular flexibility index (Phi) is 3.49. The molecule has 1 rings (SSSR count). The molecule has 0 aliphatic heterocycles. The van der Waals surface area contributed by atoms with Crippen molar-refractivity contribution in [2.24, 2.45) is 0 Å². The van der Waals surface area contributed by atoms with Gasteiger partial charge in [0.25, 0.3) is 0 Å². The molecule has 0 amide bonds. The minimum atomic E-state index is -4.31. The highest BCUT2D eigenvalue weighted by Crippen LogP contribution is 2.29. The van der Waals surface area contributed by atoms with Gasteiger partial charge in [0.2, 0.25) is 0 Å². The maximum atomic E-state index is 12.2. The third-order valence-corrected chi connectivity index (χ3v) is 1.85. The van der Waals surface area contributed by atoms with Gasteiger partial charge in [0, 0.05) is 0 Å². The van der Waals surface area contributed by atoms with Gasteiger partial charge in [-0.1, -0.05) is 18.2 Å². The van der Waals surface area contributed by atoms with Crippen molar-refractivity contribution in [1.29, 1.82) is 0 Å². The van der Waals surface area contributed by atoms with Gasteiger partial charge in [-0.15, -0.1) is 0 Å². The van der Waals surface area contributed by atoms with Crippen molar-refractivity contribution in [1.82, 2.24) is 0 Å². The van der Waals surface area contributed by atoms with E-state index in [9.17, 15) is 17.6 Å². The van der Waals surface area contributed by atoms with Crippen molar-refractivity contribution in [3.05, 3.63) is 35.4 Å². The van der Waals surface area contributed by atoms with Crippen molar-refractivity contribution in [3.8, 4) is 0 Å². The summed E-state index contributed by atoms with van der Waals surface area (Å²) in [6.07, 6.45) is -3.70. The van der Waals surface area contributed by atoms with Crippen LogP contribution >= 0.6 is 0 Å². The van der Waals surface area contributed by atoms with Crippen LogP contribution in [-0.2, 0) is 12.6 Å². The zero-order valence-electron chi connectivity index (χ0n) is 7.44. The molecule has 0 saturated carbocycles. The Morgan fingerprint density at radius 2 is 1.86 bits per heavy atom. The molecular formula is C10H10F4. The molecule has 4 heteroatoms. The van der Waals surface area contributed by atoms with E-state index in [-0.39, 0.29) is 6.42 Å². The predicted molar refractivity (Wildman–Crippen MR) is 45.7 cm³/mol. The SMILES string of the molecule is FCCCc1cccc(C(F)(F)F)c1. The van der Waals surface area contributed by atoms with Crippen LogP contribution in [0.1, 0.15) is 17.5 Å². The molecule has 0 N–H and O–H groups in total. The summed E-state index contributed by atoms with van der Waals surface area (Å²) in [4.78, 5) is 0. The molecule has 0 unspecified atom stereocenters. The zero-order chi connectivity index (χ0) is 10.6. The summed E-state index contributed by atoms with van der Waals surface area (Å²) in [7, 11) is 0. The van der Waals surface area contributed by atoms with E-state index in [1.165, 1.54) is 6.07 Å². The summed E-state index contributed by atoms with van der Waals surface area (Å²) in [6, 6.07) is 5.00. The summed E-state index contributed by atoms with van der Waals surface area (Å²) >= 11 is 0. The van der Waals surface area contributed by atoms with Crippen LogP contribution < -0.4 is 0 Å². The Morgan fingerprint density at radius 1 is 1.14 bits per heavy atom. The summed E-state index contributed by atoms with van der Waals surface area (Å²) in [5.41, 5.74) is -0.147. The summed E-state index contributed by atoms with van der Waals surface area (Å²) in [5.74, 6) is 0. The van der Waals surface area contributed by atoms with Crippen molar-refractivity contribution < 1.29 is 17.6 Å². The fourth-order valence-electron chi connectivity index (χ4n) is 1.17. The molecule has 0 spiro atoms. The average molecular weight is 206 g/mol. The quantitative estimate of drug-likeness (QED) is 0.663. The van der Waals surface area contributed by atoms with Crippen LogP contribution in [0.25, 0.3) is 0 Å². The molecule has 0 aliphatic rings. The maximum Gasteiger partial charge on any atom is 0.416 e. The minimum Gasteiger partial charge on any atom is -0.251 e. The average Bonchev–Trinajstić information content (AvgIpc) is 2.14. The van der Waals surface area contributed by atoms with Gasteiger partial charge in [-0.05, 0) is 24.5 Å². The monoisotopic (exact) mass is 206 g/mol. The van der Waals surface area contributed by atoms with Crippen molar-refractivity contribution in [2.75, 3.05) is 6.67 Å². The first-order valence-corrected chi connectivity index (χ1v) is 4.26. The molecule has 0 atom stereocenters. The molecule has 1 aromatic carbocycles. The van der Waals surface area contributed by atoms with Crippen LogP contribution in [0.4, 0.5) is 17.6 Å². The molecule has 0 aromatic heterocycles. The Hall–Kier alpha value is -1.06. The standard InChI is InChI=1S/C10H10F4/c11-6-2-4-8-3-1-5-9(7-8)10(12,13)14/h1,3,5,7H,2,4,6H2. The molecule has 1 aromatic rings. The van der Waals surface area contributed by atoms with E-state index in [1.54, 1.807) is 6.07 Å². The van der Waals surface area contributed by atoms with Crippen LogP contribution in [-0.4, -0.2) is 6.67 Å². The van der Waals surface area contributed by atoms with Gasteiger partial charge in [0.15, 0.2) is 0 Å². The molecule has 0 heterocycles. The largest absolute Gasteiger partial charge is 0.416 e. The van der Waals surface area contributed by atoms with Gasteiger partial charge >= 0.3 is 6.18 Å². The smallest absolute Gasteiger partial charge is 0.251 e. The van der Waals surface area contributed by atoms with Crippen LogP contribution in [0.15, 0.2) is 24.3 Å². The summed E-state index contributed by atoms with van der Waals surface area (Å²) in [6.45, 7) is -0.504. The van der Waals surface area contributed by atoms with Gasteiger partial charge in [0.1, 0.15) is 0 Å². The topological polar surface area (TPSA) is 0 Å². The van der Waals surface area contributed by atoms with E-state index in [2.05, 4.69) is 0 Å². The van der Waals surface area contributed by atoms with E-state index >= 15 is 0 Å². The lowest BCUT2D eigenvalue weighted by Crippen LogP contribution is -2.05. The molecule has 78 valence electrons. The van der Waals surface area contributed by atoms with E-state index in [0.29, 0.717) is 12.0 Å². The highest BCUT2D eigenvalue weighted by atomic mass is 19.4. The van der Waals surface area contributed by atoms with Crippen LogP contribution in [0.5, 0.6) is 0 Å². The highest BCUT2D eigenvalue weighted by molar-refractivity contribution is 5.25. The predicted octanol–water partition coefficient (Wildman–Crippen LogP) is 3.61. The summed E-state index contributed by atoms with van der Waals surface area (Å²) in [5, 5.41) is 0. The molecule has 0 fully saturated rings. The number of hydrogen-bond acceptors (Lipinski definition) is 0. The van der Waals surface area contributed by atoms with Crippen molar-refractivity contribution in [3.63, 3.8) is 0 Å². The number of rotatable bonds is 3. The Bertz CT molecular complexity index is 290. The molecule has 0 bridgehead atoms. The lowest BCUT2D eigenvalue weighted by molar-refractivity contribution is -0.137. The molecule has 0 aliphatic carbocycles. The number of halogens is 4.